The molecule has 0 spiro atoms. The molecular formula is C11H16N2O3. The van der Waals surface area contributed by atoms with Gasteiger partial charge in [0.2, 0.25) is 5.88 Å². The molecule has 0 saturated carbocycles. The van der Waals surface area contributed by atoms with Crippen LogP contribution in [0.2, 0.25) is 0 Å². The van der Waals surface area contributed by atoms with Gasteiger partial charge in [-0.25, -0.2) is 4.98 Å². The Hall–Kier alpha value is -1.17. The van der Waals surface area contributed by atoms with Crippen molar-refractivity contribution in [2.45, 2.75) is 18.8 Å². The summed E-state index contributed by atoms with van der Waals surface area (Å²) in [6.07, 6.45) is -1.30. The summed E-state index contributed by atoms with van der Waals surface area (Å²) < 4.78 is 5.03. The Balaban J connectivity index is 1.99. The lowest BCUT2D eigenvalue weighted by atomic mass is 10.3. The second kappa shape index (κ2) is 4.78. The van der Waals surface area contributed by atoms with Crippen molar-refractivity contribution in [2.24, 2.45) is 0 Å². The Kier molecular flexibility index (Phi) is 3.38. The van der Waals surface area contributed by atoms with Crippen LogP contribution < -0.4 is 4.74 Å². The highest BCUT2D eigenvalue weighted by Gasteiger charge is 2.29. The zero-order chi connectivity index (χ0) is 11.5. The van der Waals surface area contributed by atoms with E-state index < -0.39 is 12.2 Å². The fourth-order valence-electron chi connectivity index (χ4n) is 1.86. The Morgan fingerprint density at radius 1 is 1.38 bits per heavy atom. The van der Waals surface area contributed by atoms with Gasteiger partial charge in [-0.3, -0.25) is 4.90 Å². The maximum Gasteiger partial charge on any atom is 0.213 e. The smallest absolute Gasteiger partial charge is 0.213 e. The van der Waals surface area contributed by atoms with Crippen LogP contribution in [0.4, 0.5) is 0 Å². The summed E-state index contributed by atoms with van der Waals surface area (Å²) in [5.41, 5.74) is 0.876. The Labute approximate surface area is 94.3 Å². The van der Waals surface area contributed by atoms with E-state index in [2.05, 4.69) is 4.98 Å². The van der Waals surface area contributed by atoms with Gasteiger partial charge in [0.05, 0.1) is 25.0 Å². The van der Waals surface area contributed by atoms with Gasteiger partial charge in [0.15, 0.2) is 0 Å². The van der Waals surface area contributed by atoms with Gasteiger partial charge < -0.3 is 14.9 Å². The van der Waals surface area contributed by atoms with Gasteiger partial charge in [0, 0.05) is 25.7 Å². The molecule has 2 atom stereocenters. The SMILES string of the molecule is COc1cccc(CN2C[C@@H](O)[C@@H](O)C2)n1. The summed E-state index contributed by atoms with van der Waals surface area (Å²) >= 11 is 0. The molecule has 1 fully saturated rings. The third-order valence-electron chi connectivity index (χ3n) is 2.71. The lowest BCUT2D eigenvalue weighted by Crippen LogP contribution is -2.22. The number of pyridine rings is 1. The van der Waals surface area contributed by atoms with Gasteiger partial charge in [-0.2, -0.15) is 0 Å². The number of aliphatic hydroxyl groups excluding tert-OH is 2. The maximum absolute atomic E-state index is 9.41. The van der Waals surface area contributed by atoms with E-state index in [1.54, 1.807) is 13.2 Å². The molecule has 0 unspecified atom stereocenters. The molecule has 88 valence electrons. The van der Waals surface area contributed by atoms with Crippen molar-refractivity contribution >= 4 is 0 Å². The monoisotopic (exact) mass is 224 g/mol. The number of rotatable bonds is 3. The van der Waals surface area contributed by atoms with E-state index in [4.69, 9.17) is 4.74 Å². The zero-order valence-corrected chi connectivity index (χ0v) is 9.21. The Morgan fingerprint density at radius 3 is 2.69 bits per heavy atom. The van der Waals surface area contributed by atoms with Crippen molar-refractivity contribution in [1.82, 2.24) is 9.88 Å². The number of nitrogens with zero attached hydrogens (tertiary/aromatic N) is 2. The van der Waals surface area contributed by atoms with E-state index in [-0.39, 0.29) is 0 Å². The molecule has 0 amide bonds. The molecule has 5 nitrogen and oxygen atoms in total. The molecule has 2 rings (SSSR count). The molecule has 16 heavy (non-hydrogen) atoms. The first-order valence-electron chi connectivity index (χ1n) is 5.27. The summed E-state index contributed by atoms with van der Waals surface area (Å²) in [4.78, 5) is 6.25. The molecule has 0 aromatic carbocycles. The van der Waals surface area contributed by atoms with Crippen LogP contribution in [0.25, 0.3) is 0 Å². The summed E-state index contributed by atoms with van der Waals surface area (Å²) in [6, 6.07) is 5.57. The molecule has 5 heteroatoms. The van der Waals surface area contributed by atoms with Crippen molar-refractivity contribution in [3.63, 3.8) is 0 Å². The molecule has 0 bridgehead atoms. The van der Waals surface area contributed by atoms with Gasteiger partial charge in [-0.1, -0.05) is 6.07 Å². The summed E-state index contributed by atoms with van der Waals surface area (Å²) in [5, 5.41) is 18.8. The van der Waals surface area contributed by atoms with E-state index in [1.165, 1.54) is 0 Å². The molecule has 1 aromatic heterocycles. The highest BCUT2D eigenvalue weighted by atomic mass is 16.5. The van der Waals surface area contributed by atoms with Crippen molar-refractivity contribution in [3.8, 4) is 5.88 Å². The Morgan fingerprint density at radius 2 is 2.06 bits per heavy atom. The quantitative estimate of drug-likeness (QED) is 0.733. The van der Waals surface area contributed by atoms with Crippen LogP contribution >= 0.6 is 0 Å². The maximum atomic E-state index is 9.41. The molecule has 2 N–H and O–H groups in total. The van der Waals surface area contributed by atoms with E-state index in [9.17, 15) is 10.2 Å². The molecule has 1 aromatic rings. The van der Waals surface area contributed by atoms with E-state index in [0.29, 0.717) is 25.5 Å². The largest absolute Gasteiger partial charge is 0.481 e. The van der Waals surface area contributed by atoms with Crippen molar-refractivity contribution < 1.29 is 14.9 Å². The second-order valence-electron chi connectivity index (χ2n) is 4.00. The number of hydrogen-bond donors (Lipinski definition) is 2. The van der Waals surface area contributed by atoms with Crippen LogP contribution in [0.1, 0.15) is 5.69 Å². The van der Waals surface area contributed by atoms with Crippen LogP contribution in [0.15, 0.2) is 18.2 Å². The standard InChI is InChI=1S/C11H16N2O3/c1-16-11-4-2-3-8(12-11)5-13-6-9(14)10(15)7-13/h2-4,9-10,14-15H,5-7H2,1H3/t9-,10+. The van der Waals surface area contributed by atoms with Gasteiger partial charge in [0.25, 0.3) is 0 Å². The molecule has 0 radical (unpaired) electrons. The third kappa shape index (κ3) is 2.49. The average molecular weight is 224 g/mol. The first-order valence-corrected chi connectivity index (χ1v) is 5.27. The minimum absolute atomic E-state index is 0.486. The van der Waals surface area contributed by atoms with Crippen LogP contribution in [0.5, 0.6) is 5.88 Å². The Bertz CT molecular complexity index is 349. The number of β-amino-alcohol motifs (C(OH)–C–C–N with tert-alkyl or cyclic N) is 2. The first-order chi connectivity index (χ1) is 7.69. The minimum Gasteiger partial charge on any atom is -0.481 e. The minimum atomic E-state index is -0.648. The highest BCUT2D eigenvalue weighted by molar-refractivity contribution is 5.15. The number of likely N-dealkylation sites (tertiary alicyclic amines) is 1. The van der Waals surface area contributed by atoms with Gasteiger partial charge in [-0.05, 0) is 6.07 Å². The lowest BCUT2D eigenvalue weighted by Gasteiger charge is -2.14. The van der Waals surface area contributed by atoms with E-state index in [0.717, 1.165) is 5.69 Å². The molecule has 1 aliphatic rings. The van der Waals surface area contributed by atoms with Gasteiger partial charge in [-0.15, -0.1) is 0 Å². The van der Waals surface area contributed by atoms with Crippen molar-refractivity contribution in [3.05, 3.63) is 23.9 Å². The van der Waals surface area contributed by atoms with Crippen LogP contribution in [0.3, 0.4) is 0 Å². The second-order valence-corrected chi connectivity index (χ2v) is 4.00. The van der Waals surface area contributed by atoms with Gasteiger partial charge >= 0.3 is 0 Å². The number of aliphatic hydroxyl groups is 2. The highest BCUT2D eigenvalue weighted by Crippen LogP contribution is 2.14. The molecule has 0 aliphatic carbocycles. The number of methoxy groups -OCH3 is 1. The molecular weight excluding hydrogens is 208 g/mol. The predicted octanol–water partition coefficient (Wildman–Crippen LogP) is -0.372. The van der Waals surface area contributed by atoms with Crippen molar-refractivity contribution in [1.29, 1.82) is 0 Å². The van der Waals surface area contributed by atoms with Crippen LogP contribution in [0, 0.1) is 0 Å². The fraction of sp³-hybridized carbons (Fsp3) is 0.545. The van der Waals surface area contributed by atoms with Crippen LogP contribution in [-0.2, 0) is 6.54 Å². The summed E-state index contributed by atoms with van der Waals surface area (Å²) in [7, 11) is 1.58. The average Bonchev–Trinajstić information content (AvgIpc) is 2.58. The third-order valence-corrected chi connectivity index (χ3v) is 2.71. The zero-order valence-electron chi connectivity index (χ0n) is 9.21. The summed E-state index contributed by atoms with van der Waals surface area (Å²) in [5.74, 6) is 0.581. The topological polar surface area (TPSA) is 65.8 Å². The van der Waals surface area contributed by atoms with Crippen LogP contribution in [-0.4, -0.2) is 52.5 Å². The molecule has 1 aliphatic heterocycles. The number of ether oxygens (including phenoxy) is 1. The molecule has 1 saturated heterocycles. The molecule has 2 heterocycles. The van der Waals surface area contributed by atoms with Gasteiger partial charge in [0.1, 0.15) is 0 Å². The normalized spacial score (nSPS) is 25.9. The predicted molar refractivity (Wildman–Crippen MR) is 58.1 cm³/mol. The number of aromatic nitrogens is 1. The van der Waals surface area contributed by atoms with E-state index in [1.807, 2.05) is 17.0 Å². The first kappa shape index (κ1) is 11.3. The summed E-state index contributed by atoms with van der Waals surface area (Å²) in [6.45, 7) is 1.59. The lowest BCUT2D eigenvalue weighted by molar-refractivity contribution is 0.0572. The van der Waals surface area contributed by atoms with E-state index >= 15 is 0 Å². The van der Waals surface area contributed by atoms with Crippen molar-refractivity contribution in [2.75, 3.05) is 20.2 Å². The number of hydrogen-bond acceptors (Lipinski definition) is 5. The fourth-order valence-corrected chi connectivity index (χ4v) is 1.86.